The van der Waals surface area contributed by atoms with Gasteiger partial charge in [-0.25, -0.2) is 9.50 Å². The Kier molecular flexibility index (Phi) is 3.74. The molecule has 1 aliphatic rings. The van der Waals surface area contributed by atoms with Crippen molar-refractivity contribution in [1.82, 2.24) is 25.2 Å². The summed E-state index contributed by atoms with van der Waals surface area (Å²) in [6, 6.07) is 10.5. The molecule has 122 valence electrons. The molecule has 0 bridgehead atoms. The Bertz CT molecular complexity index is 901. The summed E-state index contributed by atoms with van der Waals surface area (Å²) in [5, 5.41) is 10.7. The largest absolute Gasteiger partial charge is 0.350 e. The first-order chi connectivity index (χ1) is 11.7. The van der Waals surface area contributed by atoms with Crippen molar-refractivity contribution in [3.05, 3.63) is 65.1 Å². The van der Waals surface area contributed by atoms with Gasteiger partial charge in [-0.3, -0.25) is 4.79 Å². The second-order valence-electron chi connectivity index (χ2n) is 6.12. The van der Waals surface area contributed by atoms with Gasteiger partial charge in [-0.15, -0.1) is 0 Å². The molecule has 4 rings (SSSR count). The molecule has 3 aromatic rings. The maximum absolute atomic E-state index is 12.5. The third-order valence-electron chi connectivity index (χ3n) is 4.58. The lowest BCUT2D eigenvalue weighted by molar-refractivity contribution is 0.0947. The molecule has 24 heavy (non-hydrogen) atoms. The van der Waals surface area contributed by atoms with Crippen molar-refractivity contribution in [3.8, 4) is 0 Å². The number of rotatable bonds is 3. The van der Waals surface area contributed by atoms with Crippen LogP contribution in [0.1, 0.15) is 27.2 Å². The fraction of sp³-hybridized carbons (Fsp3) is 0.278. The molecular formula is C18H19N5O. The average Bonchev–Trinajstić information content (AvgIpc) is 3.09. The van der Waals surface area contributed by atoms with Crippen molar-refractivity contribution >= 4 is 11.6 Å². The van der Waals surface area contributed by atoms with Gasteiger partial charge >= 0.3 is 0 Å². The van der Waals surface area contributed by atoms with Gasteiger partial charge in [0.05, 0.1) is 17.5 Å². The Morgan fingerprint density at radius 2 is 2.17 bits per heavy atom. The highest BCUT2D eigenvalue weighted by Crippen LogP contribution is 2.16. The summed E-state index contributed by atoms with van der Waals surface area (Å²) in [5.74, 6) is -0.113. The SMILES string of the molecule is Cc1c(C(=O)NCC2Cc3ccccc3CN2)cnc2ccnn12. The number of fused-ring (bicyclic) bond motifs is 2. The van der Waals surface area contributed by atoms with Crippen LogP contribution in [0.15, 0.2) is 42.7 Å². The van der Waals surface area contributed by atoms with E-state index in [1.165, 1.54) is 11.1 Å². The van der Waals surface area contributed by atoms with Gasteiger partial charge in [0, 0.05) is 31.4 Å². The number of carbonyl (C=O) groups is 1. The zero-order chi connectivity index (χ0) is 16.5. The van der Waals surface area contributed by atoms with Crippen LogP contribution in [0.2, 0.25) is 0 Å². The predicted molar refractivity (Wildman–Crippen MR) is 90.8 cm³/mol. The highest BCUT2D eigenvalue weighted by molar-refractivity contribution is 5.95. The van der Waals surface area contributed by atoms with Crippen molar-refractivity contribution in [3.63, 3.8) is 0 Å². The van der Waals surface area contributed by atoms with Gasteiger partial charge in [-0.2, -0.15) is 5.10 Å². The summed E-state index contributed by atoms with van der Waals surface area (Å²) in [7, 11) is 0. The van der Waals surface area contributed by atoms with Gasteiger partial charge in [0.15, 0.2) is 5.65 Å². The number of nitrogens with zero attached hydrogens (tertiary/aromatic N) is 3. The summed E-state index contributed by atoms with van der Waals surface area (Å²) < 4.78 is 1.68. The number of hydrogen-bond acceptors (Lipinski definition) is 4. The third kappa shape index (κ3) is 2.65. The van der Waals surface area contributed by atoms with Crippen LogP contribution in [0.3, 0.4) is 0 Å². The van der Waals surface area contributed by atoms with Gasteiger partial charge in [-0.05, 0) is 24.5 Å². The normalized spacial score (nSPS) is 16.8. The maximum Gasteiger partial charge on any atom is 0.254 e. The van der Waals surface area contributed by atoms with E-state index in [-0.39, 0.29) is 11.9 Å². The molecule has 0 saturated carbocycles. The number of aromatic nitrogens is 3. The zero-order valence-electron chi connectivity index (χ0n) is 13.5. The van der Waals surface area contributed by atoms with Crippen LogP contribution in [0.25, 0.3) is 5.65 Å². The first kappa shape index (κ1) is 14.8. The van der Waals surface area contributed by atoms with Crippen molar-refractivity contribution in [2.24, 2.45) is 0 Å². The van der Waals surface area contributed by atoms with Gasteiger partial charge in [0.1, 0.15) is 0 Å². The molecule has 2 aromatic heterocycles. The minimum Gasteiger partial charge on any atom is -0.350 e. The minimum absolute atomic E-state index is 0.113. The Labute approximate surface area is 139 Å². The summed E-state index contributed by atoms with van der Waals surface area (Å²) >= 11 is 0. The summed E-state index contributed by atoms with van der Waals surface area (Å²) in [4.78, 5) is 16.8. The van der Waals surface area contributed by atoms with Crippen molar-refractivity contribution in [1.29, 1.82) is 0 Å². The van der Waals surface area contributed by atoms with E-state index < -0.39 is 0 Å². The van der Waals surface area contributed by atoms with Crippen LogP contribution in [0.5, 0.6) is 0 Å². The van der Waals surface area contributed by atoms with E-state index in [4.69, 9.17) is 0 Å². The molecule has 1 atom stereocenters. The molecular weight excluding hydrogens is 302 g/mol. The Hall–Kier alpha value is -2.73. The zero-order valence-corrected chi connectivity index (χ0v) is 13.5. The first-order valence-corrected chi connectivity index (χ1v) is 8.10. The van der Waals surface area contributed by atoms with E-state index in [1.807, 2.05) is 13.0 Å². The topological polar surface area (TPSA) is 71.3 Å². The smallest absolute Gasteiger partial charge is 0.254 e. The molecule has 0 fully saturated rings. The van der Waals surface area contributed by atoms with Gasteiger partial charge in [-0.1, -0.05) is 24.3 Å². The lowest BCUT2D eigenvalue weighted by Gasteiger charge is -2.26. The fourth-order valence-electron chi connectivity index (χ4n) is 3.19. The van der Waals surface area contributed by atoms with E-state index >= 15 is 0 Å². The van der Waals surface area contributed by atoms with E-state index in [0.29, 0.717) is 12.1 Å². The molecule has 1 aliphatic heterocycles. The summed E-state index contributed by atoms with van der Waals surface area (Å²) in [6.45, 7) is 3.31. The Balaban J connectivity index is 1.44. The molecule has 6 heteroatoms. The van der Waals surface area contributed by atoms with E-state index in [1.54, 1.807) is 16.9 Å². The monoisotopic (exact) mass is 321 g/mol. The minimum atomic E-state index is -0.113. The number of benzene rings is 1. The van der Waals surface area contributed by atoms with Crippen LogP contribution < -0.4 is 10.6 Å². The third-order valence-corrected chi connectivity index (χ3v) is 4.58. The lowest BCUT2D eigenvalue weighted by atomic mass is 9.96. The van der Waals surface area contributed by atoms with Crippen LogP contribution in [0, 0.1) is 6.92 Å². The van der Waals surface area contributed by atoms with Crippen molar-refractivity contribution < 1.29 is 4.79 Å². The molecule has 1 aromatic carbocycles. The average molecular weight is 321 g/mol. The van der Waals surface area contributed by atoms with Crippen LogP contribution in [0.4, 0.5) is 0 Å². The van der Waals surface area contributed by atoms with Gasteiger partial charge in [0.25, 0.3) is 5.91 Å². The molecule has 3 heterocycles. The number of carbonyl (C=O) groups excluding carboxylic acids is 1. The first-order valence-electron chi connectivity index (χ1n) is 8.10. The fourth-order valence-corrected chi connectivity index (χ4v) is 3.19. The summed E-state index contributed by atoms with van der Waals surface area (Å²) in [5.41, 5.74) is 4.79. The molecule has 0 saturated heterocycles. The van der Waals surface area contributed by atoms with E-state index in [9.17, 15) is 4.79 Å². The molecule has 1 unspecified atom stereocenters. The number of aryl methyl sites for hydroxylation is 1. The number of nitrogens with one attached hydrogen (secondary N) is 2. The standard InChI is InChI=1S/C18H19N5O/c1-12-16(11-20-17-6-7-22-23(12)17)18(24)21-10-15-8-13-4-2-3-5-14(13)9-19-15/h2-7,11,15,19H,8-10H2,1H3,(H,21,24). The van der Waals surface area contributed by atoms with Crippen molar-refractivity contribution in [2.75, 3.05) is 6.54 Å². The Morgan fingerprint density at radius 3 is 3.04 bits per heavy atom. The van der Waals surface area contributed by atoms with E-state index in [2.05, 4.69) is 45.0 Å². The van der Waals surface area contributed by atoms with Gasteiger partial charge in [0.2, 0.25) is 0 Å². The molecule has 0 radical (unpaired) electrons. The number of amides is 1. The van der Waals surface area contributed by atoms with Crippen LogP contribution in [-0.4, -0.2) is 33.1 Å². The predicted octanol–water partition coefficient (Wildman–Crippen LogP) is 1.48. The van der Waals surface area contributed by atoms with Crippen molar-refractivity contribution in [2.45, 2.75) is 25.9 Å². The molecule has 2 N–H and O–H groups in total. The molecule has 1 amide bonds. The Morgan fingerprint density at radius 1 is 1.33 bits per heavy atom. The van der Waals surface area contributed by atoms with Gasteiger partial charge < -0.3 is 10.6 Å². The van der Waals surface area contributed by atoms with Crippen LogP contribution in [-0.2, 0) is 13.0 Å². The molecule has 6 nitrogen and oxygen atoms in total. The second-order valence-corrected chi connectivity index (χ2v) is 6.12. The number of hydrogen-bond donors (Lipinski definition) is 2. The van der Waals surface area contributed by atoms with E-state index in [0.717, 1.165) is 24.3 Å². The lowest BCUT2D eigenvalue weighted by Crippen LogP contribution is -2.44. The van der Waals surface area contributed by atoms with Crippen LogP contribution >= 0.6 is 0 Å². The summed E-state index contributed by atoms with van der Waals surface area (Å²) in [6.07, 6.45) is 4.22. The quantitative estimate of drug-likeness (QED) is 0.766. The highest BCUT2D eigenvalue weighted by Gasteiger charge is 2.19. The second kappa shape index (κ2) is 6.05. The maximum atomic E-state index is 12.5. The molecule has 0 spiro atoms. The molecule has 0 aliphatic carbocycles. The highest BCUT2D eigenvalue weighted by atomic mass is 16.1.